The van der Waals surface area contributed by atoms with E-state index >= 15 is 0 Å². The van der Waals surface area contributed by atoms with Crippen molar-refractivity contribution in [1.82, 2.24) is 15.2 Å². The van der Waals surface area contributed by atoms with Gasteiger partial charge in [-0.25, -0.2) is 4.98 Å². The van der Waals surface area contributed by atoms with Gasteiger partial charge in [-0.15, -0.1) is 0 Å². The highest BCUT2D eigenvalue weighted by Gasteiger charge is 2.19. The van der Waals surface area contributed by atoms with Crippen LogP contribution in [0.2, 0.25) is 0 Å². The Balaban J connectivity index is 2.04. The third-order valence-electron chi connectivity index (χ3n) is 3.09. The number of hydrogen-bond acceptors (Lipinski definition) is 3. The Hall–Kier alpha value is -1.58. The van der Waals surface area contributed by atoms with E-state index in [9.17, 15) is 0 Å². The number of hydrogen-bond donors (Lipinski definition) is 2. The molecular weight excluding hydrogens is 188 g/mol. The van der Waals surface area contributed by atoms with Crippen molar-refractivity contribution < 1.29 is 0 Å². The number of pyridine rings is 1. The van der Waals surface area contributed by atoms with Gasteiger partial charge in [0.15, 0.2) is 0 Å². The van der Waals surface area contributed by atoms with Crippen LogP contribution >= 0.6 is 0 Å². The monoisotopic (exact) mass is 202 g/mol. The standard InChI is InChI=1S/C11H14N4/c1-7-10-9(15-14-7)5-6-12-11(10)13-8-3-2-4-8/h5-6,8H,2-4H2,1H3,(H,12,13)(H,14,15). The molecule has 1 fully saturated rings. The Morgan fingerprint density at radius 3 is 3.07 bits per heavy atom. The molecule has 0 unspecified atom stereocenters. The number of nitrogens with zero attached hydrogens (tertiary/aromatic N) is 2. The van der Waals surface area contributed by atoms with Crippen LogP contribution < -0.4 is 5.32 Å². The van der Waals surface area contributed by atoms with E-state index in [2.05, 4.69) is 20.5 Å². The molecule has 2 N–H and O–H groups in total. The number of rotatable bonds is 2. The summed E-state index contributed by atoms with van der Waals surface area (Å²) in [6, 6.07) is 2.54. The van der Waals surface area contributed by atoms with E-state index in [0.29, 0.717) is 6.04 Å². The normalized spacial score (nSPS) is 16.6. The molecule has 2 aromatic rings. The molecular formula is C11H14N4. The van der Waals surface area contributed by atoms with Crippen molar-refractivity contribution in [3.8, 4) is 0 Å². The van der Waals surface area contributed by atoms with Gasteiger partial charge in [0.25, 0.3) is 0 Å². The second-order valence-corrected chi connectivity index (χ2v) is 4.17. The van der Waals surface area contributed by atoms with Gasteiger partial charge in [0.2, 0.25) is 0 Å². The molecule has 15 heavy (non-hydrogen) atoms. The first-order chi connectivity index (χ1) is 7.34. The minimum absolute atomic E-state index is 0.609. The molecule has 0 amide bonds. The summed E-state index contributed by atoms with van der Waals surface area (Å²) in [5, 5.41) is 11.8. The van der Waals surface area contributed by atoms with E-state index in [-0.39, 0.29) is 0 Å². The zero-order chi connectivity index (χ0) is 10.3. The summed E-state index contributed by atoms with van der Waals surface area (Å²) in [7, 11) is 0. The predicted molar refractivity (Wildman–Crippen MR) is 59.9 cm³/mol. The lowest BCUT2D eigenvalue weighted by Crippen LogP contribution is -2.27. The summed E-state index contributed by atoms with van der Waals surface area (Å²) in [6.07, 6.45) is 5.66. The van der Waals surface area contributed by atoms with Crippen molar-refractivity contribution in [1.29, 1.82) is 0 Å². The van der Waals surface area contributed by atoms with Crippen LogP contribution in [0.3, 0.4) is 0 Å². The largest absolute Gasteiger partial charge is 0.367 e. The molecule has 4 nitrogen and oxygen atoms in total. The third kappa shape index (κ3) is 1.37. The van der Waals surface area contributed by atoms with Gasteiger partial charge >= 0.3 is 0 Å². The van der Waals surface area contributed by atoms with Crippen LogP contribution in [0.4, 0.5) is 5.82 Å². The van der Waals surface area contributed by atoms with Gasteiger partial charge in [0.1, 0.15) is 5.82 Å². The first-order valence-corrected chi connectivity index (χ1v) is 5.41. The van der Waals surface area contributed by atoms with Crippen LogP contribution in [-0.2, 0) is 0 Å². The highest BCUT2D eigenvalue weighted by Crippen LogP contribution is 2.27. The lowest BCUT2D eigenvalue weighted by Gasteiger charge is -2.27. The Morgan fingerprint density at radius 2 is 2.33 bits per heavy atom. The van der Waals surface area contributed by atoms with E-state index in [0.717, 1.165) is 22.4 Å². The van der Waals surface area contributed by atoms with E-state index in [1.54, 1.807) is 0 Å². The van der Waals surface area contributed by atoms with Gasteiger partial charge in [-0.05, 0) is 32.3 Å². The fraction of sp³-hybridized carbons (Fsp3) is 0.455. The summed E-state index contributed by atoms with van der Waals surface area (Å²) < 4.78 is 0. The maximum atomic E-state index is 4.39. The number of fused-ring (bicyclic) bond motifs is 1. The summed E-state index contributed by atoms with van der Waals surface area (Å²) in [5.74, 6) is 0.975. The van der Waals surface area contributed by atoms with Gasteiger partial charge in [-0.1, -0.05) is 0 Å². The minimum Gasteiger partial charge on any atom is -0.367 e. The van der Waals surface area contributed by atoms with Crippen molar-refractivity contribution in [3.63, 3.8) is 0 Å². The number of H-pyrrole nitrogens is 1. The van der Waals surface area contributed by atoms with Crippen molar-refractivity contribution in [3.05, 3.63) is 18.0 Å². The van der Waals surface area contributed by atoms with E-state index in [1.807, 2.05) is 19.2 Å². The number of anilines is 1. The molecule has 1 aliphatic carbocycles. The average Bonchev–Trinajstić information content (AvgIpc) is 2.55. The second kappa shape index (κ2) is 3.22. The van der Waals surface area contributed by atoms with E-state index < -0.39 is 0 Å². The fourth-order valence-corrected chi connectivity index (χ4v) is 1.97. The SMILES string of the molecule is Cc1[nH]nc2ccnc(NC3CCC3)c12. The Labute approximate surface area is 88.1 Å². The van der Waals surface area contributed by atoms with Crippen LogP contribution in [0.5, 0.6) is 0 Å². The zero-order valence-electron chi connectivity index (χ0n) is 8.75. The second-order valence-electron chi connectivity index (χ2n) is 4.17. The average molecular weight is 202 g/mol. The molecule has 2 heterocycles. The number of aromatic nitrogens is 3. The van der Waals surface area contributed by atoms with Gasteiger partial charge in [0.05, 0.1) is 10.9 Å². The van der Waals surface area contributed by atoms with Crippen LogP contribution in [0.1, 0.15) is 25.0 Å². The molecule has 2 aromatic heterocycles. The minimum atomic E-state index is 0.609. The highest BCUT2D eigenvalue weighted by molar-refractivity contribution is 5.91. The van der Waals surface area contributed by atoms with E-state index in [1.165, 1.54) is 19.3 Å². The lowest BCUT2D eigenvalue weighted by molar-refractivity contribution is 0.445. The van der Waals surface area contributed by atoms with Crippen LogP contribution in [0, 0.1) is 6.92 Å². The molecule has 0 saturated heterocycles. The molecule has 0 atom stereocenters. The fourth-order valence-electron chi connectivity index (χ4n) is 1.97. The number of aromatic amines is 1. The zero-order valence-corrected chi connectivity index (χ0v) is 8.75. The van der Waals surface area contributed by atoms with Crippen molar-refractivity contribution >= 4 is 16.7 Å². The smallest absolute Gasteiger partial charge is 0.137 e. The van der Waals surface area contributed by atoms with Gasteiger partial charge < -0.3 is 5.32 Å². The highest BCUT2D eigenvalue weighted by atomic mass is 15.1. The molecule has 1 aliphatic rings. The Kier molecular flexibility index (Phi) is 1.87. The van der Waals surface area contributed by atoms with Gasteiger partial charge in [-0.2, -0.15) is 5.10 Å². The van der Waals surface area contributed by atoms with E-state index in [4.69, 9.17) is 0 Å². The molecule has 0 bridgehead atoms. The molecule has 0 spiro atoms. The summed E-state index contributed by atoms with van der Waals surface area (Å²) in [4.78, 5) is 4.39. The molecule has 0 radical (unpaired) electrons. The van der Waals surface area contributed by atoms with Crippen molar-refractivity contribution in [2.75, 3.05) is 5.32 Å². The van der Waals surface area contributed by atoms with Gasteiger partial charge in [-0.3, -0.25) is 5.10 Å². The van der Waals surface area contributed by atoms with Crippen LogP contribution in [0.15, 0.2) is 12.3 Å². The molecule has 1 saturated carbocycles. The van der Waals surface area contributed by atoms with Crippen molar-refractivity contribution in [2.45, 2.75) is 32.2 Å². The number of aryl methyl sites for hydroxylation is 1. The number of nitrogens with one attached hydrogen (secondary N) is 2. The van der Waals surface area contributed by atoms with Crippen LogP contribution in [-0.4, -0.2) is 21.2 Å². The lowest BCUT2D eigenvalue weighted by atomic mass is 9.93. The molecule has 3 rings (SSSR count). The molecule has 4 heteroatoms. The van der Waals surface area contributed by atoms with Crippen LogP contribution in [0.25, 0.3) is 10.9 Å². The summed E-state index contributed by atoms with van der Waals surface area (Å²) >= 11 is 0. The maximum absolute atomic E-state index is 4.39. The predicted octanol–water partition coefficient (Wildman–Crippen LogP) is 2.23. The first-order valence-electron chi connectivity index (χ1n) is 5.41. The molecule has 0 aromatic carbocycles. The molecule has 78 valence electrons. The Bertz CT molecular complexity index is 484. The maximum Gasteiger partial charge on any atom is 0.137 e. The first kappa shape index (κ1) is 8.71. The summed E-state index contributed by atoms with van der Waals surface area (Å²) in [6.45, 7) is 2.03. The molecule has 0 aliphatic heterocycles. The summed E-state index contributed by atoms with van der Waals surface area (Å²) in [5.41, 5.74) is 2.07. The quantitative estimate of drug-likeness (QED) is 0.785. The van der Waals surface area contributed by atoms with Gasteiger partial charge in [0, 0.05) is 17.9 Å². The topological polar surface area (TPSA) is 53.6 Å². The third-order valence-corrected chi connectivity index (χ3v) is 3.09. The van der Waals surface area contributed by atoms with Crippen molar-refractivity contribution in [2.24, 2.45) is 0 Å². The Morgan fingerprint density at radius 1 is 1.47 bits per heavy atom.